The highest BCUT2D eigenvalue weighted by Crippen LogP contribution is 2.33. The molecule has 0 bridgehead atoms. The number of hydrogen-bond acceptors (Lipinski definition) is 4. The summed E-state index contributed by atoms with van der Waals surface area (Å²) in [6.07, 6.45) is 1.77. The number of aliphatic hydroxyl groups excluding tert-OH is 1. The topological polar surface area (TPSA) is 71.2 Å². The number of carbonyl (C=O) groups is 1. The summed E-state index contributed by atoms with van der Waals surface area (Å²) in [5, 5.41) is 13.6. The molecule has 0 aliphatic carbocycles. The van der Waals surface area contributed by atoms with E-state index in [0.29, 0.717) is 17.5 Å². The van der Waals surface area contributed by atoms with Crippen LogP contribution < -0.4 is 4.90 Å². The molecule has 0 spiro atoms. The van der Waals surface area contributed by atoms with Crippen LogP contribution in [0.4, 0.5) is 14.5 Å². The van der Waals surface area contributed by atoms with Crippen molar-refractivity contribution in [1.29, 1.82) is 0 Å². The maximum Gasteiger partial charge on any atom is 0.279 e. The van der Waals surface area contributed by atoms with Crippen LogP contribution in [0.1, 0.15) is 27.3 Å². The van der Waals surface area contributed by atoms with Gasteiger partial charge in [0, 0.05) is 18.3 Å². The Bertz CT molecular complexity index is 1120. The summed E-state index contributed by atoms with van der Waals surface area (Å²) >= 11 is 12.3. The predicted molar refractivity (Wildman–Crippen MR) is 103 cm³/mol. The van der Waals surface area contributed by atoms with Crippen LogP contribution in [-0.4, -0.2) is 32.3 Å². The number of amides is 1. The van der Waals surface area contributed by atoms with Crippen molar-refractivity contribution >= 4 is 34.8 Å². The lowest BCUT2D eigenvalue weighted by atomic mass is 10.1. The molecule has 1 aliphatic heterocycles. The molecule has 1 aliphatic rings. The minimum Gasteiger partial charge on any atom is -0.392 e. The molecule has 0 radical (unpaired) electrons. The summed E-state index contributed by atoms with van der Waals surface area (Å²) in [6.45, 7) is -0.250. The fraction of sp³-hybridized carbons (Fsp3) is 0.211. The molecule has 0 saturated carbocycles. The van der Waals surface area contributed by atoms with Gasteiger partial charge in [-0.25, -0.2) is 13.5 Å². The first-order valence-electron chi connectivity index (χ1n) is 8.66. The molecule has 29 heavy (non-hydrogen) atoms. The maximum atomic E-state index is 14.6. The third-order valence-corrected chi connectivity index (χ3v) is 5.39. The molecule has 0 unspecified atom stereocenters. The highest BCUT2D eigenvalue weighted by molar-refractivity contribution is 6.32. The number of fused-ring (bicyclic) bond motifs is 1. The van der Waals surface area contributed by atoms with Gasteiger partial charge in [-0.3, -0.25) is 9.78 Å². The number of benzene rings is 1. The molecule has 2 aromatic heterocycles. The molecule has 4 rings (SSSR count). The number of aliphatic hydroxyl groups is 1. The second kappa shape index (κ2) is 7.70. The highest BCUT2D eigenvalue weighted by atomic mass is 35.5. The average Bonchev–Trinajstić information content (AvgIpc) is 3.03. The number of pyridine rings is 1. The zero-order chi connectivity index (χ0) is 20.7. The number of hydrogen-bond donors (Lipinski definition) is 1. The third kappa shape index (κ3) is 3.48. The maximum absolute atomic E-state index is 14.6. The molecular formula is C19H14Cl2F2N4O2. The monoisotopic (exact) mass is 438 g/mol. The molecule has 1 amide bonds. The van der Waals surface area contributed by atoms with Crippen molar-refractivity contribution in [3.8, 4) is 0 Å². The summed E-state index contributed by atoms with van der Waals surface area (Å²) in [5.41, 5.74) is 1.03. The molecule has 1 N–H and O–H groups in total. The largest absolute Gasteiger partial charge is 0.392 e. The van der Waals surface area contributed by atoms with Crippen molar-refractivity contribution < 1.29 is 18.7 Å². The van der Waals surface area contributed by atoms with E-state index in [1.54, 1.807) is 0 Å². The number of anilines is 1. The summed E-state index contributed by atoms with van der Waals surface area (Å²) in [5.74, 6) is -1.83. The van der Waals surface area contributed by atoms with Gasteiger partial charge in [-0.15, -0.1) is 0 Å². The highest BCUT2D eigenvalue weighted by Gasteiger charge is 2.33. The molecule has 3 heterocycles. The van der Waals surface area contributed by atoms with Crippen molar-refractivity contribution in [3.05, 3.63) is 74.8 Å². The predicted octanol–water partition coefficient (Wildman–Crippen LogP) is 3.61. The van der Waals surface area contributed by atoms with E-state index in [9.17, 15) is 18.7 Å². The van der Waals surface area contributed by atoms with Gasteiger partial charge in [0.15, 0.2) is 11.5 Å². The Morgan fingerprint density at radius 3 is 2.76 bits per heavy atom. The Morgan fingerprint density at radius 2 is 2.03 bits per heavy atom. The van der Waals surface area contributed by atoms with Crippen molar-refractivity contribution in [2.75, 3.05) is 11.4 Å². The molecule has 0 atom stereocenters. The lowest BCUT2D eigenvalue weighted by Gasteiger charge is -2.27. The second-order valence-electron chi connectivity index (χ2n) is 6.48. The van der Waals surface area contributed by atoms with Crippen molar-refractivity contribution in [2.24, 2.45) is 0 Å². The van der Waals surface area contributed by atoms with E-state index in [2.05, 4.69) is 10.1 Å². The van der Waals surface area contributed by atoms with Crippen LogP contribution in [0.25, 0.3) is 0 Å². The Morgan fingerprint density at radius 1 is 1.24 bits per heavy atom. The smallest absolute Gasteiger partial charge is 0.279 e. The SMILES string of the molecule is O=C1c2nn(Cc3ncccc3F)c(Cl)c2CCN1c1cc(CO)cc(Cl)c1F. The summed E-state index contributed by atoms with van der Waals surface area (Å²) in [6, 6.07) is 5.41. The van der Waals surface area contributed by atoms with Crippen LogP contribution in [-0.2, 0) is 19.6 Å². The average molecular weight is 439 g/mol. The zero-order valence-electron chi connectivity index (χ0n) is 14.9. The molecule has 0 saturated heterocycles. The Kier molecular flexibility index (Phi) is 5.24. The first-order chi connectivity index (χ1) is 13.9. The van der Waals surface area contributed by atoms with E-state index in [-0.39, 0.29) is 46.9 Å². The molecule has 10 heteroatoms. The van der Waals surface area contributed by atoms with Crippen molar-refractivity contribution in [1.82, 2.24) is 14.8 Å². The van der Waals surface area contributed by atoms with Crippen LogP contribution in [0.15, 0.2) is 30.5 Å². The molecule has 0 fully saturated rings. The fourth-order valence-electron chi connectivity index (χ4n) is 3.25. The molecular weight excluding hydrogens is 425 g/mol. The van der Waals surface area contributed by atoms with Gasteiger partial charge in [0.2, 0.25) is 0 Å². The minimum absolute atomic E-state index is 0.0429. The van der Waals surface area contributed by atoms with Crippen LogP contribution in [0.3, 0.4) is 0 Å². The molecule has 150 valence electrons. The van der Waals surface area contributed by atoms with Gasteiger partial charge in [0.1, 0.15) is 11.0 Å². The quantitative estimate of drug-likeness (QED) is 0.675. The number of carbonyl (C=O) groups excluding carboxylic acids is 1. The van der Waals surface area contributed by atoms with E-state index in [1.807, 2.05) is 0 Å². The summed E-state index contributed by atoms with van der Waals surface area (Å²) in [4.78, 5) is 18.2. The number of rotatable bonds is 4. The number of aromatic nitrogens is 3. The van der Waals surface area contributed by atoms with E-state index < -0.39 is 17.5 Å². The number of halogens is 4. The summed E-state index contributed by atoms with van der Waals surface area (Å²) < 4.78 is 29.8. The van der Waals surface area contributed by atoms with Gasteiger partial charge in [-0.2, -0.15) is 5.10 Å². The zero-order valence-corrected chi connectivity index (χ0v) is 16.4. The van der Waals surface area contributed by atoms with Crippen LogP contribution in [0, 0.1) is 11.6 Å². The summed E-state index contributed by atoms with van der Waals surface area (Å²) in [7, 11) is 0. The molecule has 6 nitrogen and oxygen atoms in total. The van der Waals surface area contributed by atoms with Crippen LogP contribution >= 0.6 is 23.2 Å². The van der Waals surface area contributed by atoms with Gasteiger partial charge >= 0.3 is 0 Å². The number of nitrogens with zero attached hydrogens (tertiary/aromatic N) is 4. The van der Waals surface area contributed by atoms with E-state index >= 15 is 0 Å². The van der Waals surface area contributed by atoms with Gasteiger partial charge < -0.3 is 10.0 Å². The first kappa shape index (κ1) is 19.8. The lowest BCUT2D eigenvalue weighted by molar-refractivity contribution is 0.0974. The first-order valence-corrected chi connectivity index (χ1v) is 9.41. The van der Waals surface area contributed by atoms with E-state index in [4.69, 9.17) is 23.2 Å². The van der Waals surface area contributed by atoms with E-state index in [1.165, 1.54) is 40.0 Å². The van der Waals surface area contributed by atoms with Gasteiger partial charge in [-0.05, 0) is 36.2 Å². The normalized spacial score (nSPS) is 13.7. The van der Waals surface area contributed by atoms with Crippen molar-refractivity contribution in [3.63, 3.8) is 0 Å². The minimum atomic E-state index is -0.762. The van der Waals surface area contributed by atoms with Gasteiger partial charge in [0.05, 0.1) is 29.6 Å². The standard InChI is InChI=1S/C19H14Cl2F2N4O2/c20-12-6-10(9-28)7-15(16(12)23)26-5-3-11-17(19(26)29)25-27(18(11)21)8-14-13(22)2-1-4-24-14/h1-2,4,6-7,28H,3,5,8-9H2. The van der Waals surface area contributed by atoms with Gasteiger partial charge in [0.25, 0.3) is 5.91 Å². The Balaban J connectivity index is 1.70. The molecule has 3 aromatic rings. The van der Waals surface area contributed by atoms with Crippen molar-refractivity contribution in [2.45, 2.75) is 19.6 Å². The second-order valence-corrected chi connectivity index (χ2v) is 7.25. The Hall–Kier alpha value is -2.55. The Labute approximate surface area is 174 Å². The third-order valence-electron chi connectivity index (χ3n) is 4.69. The lowest BCUT2D eigenvalue weighted by Crippen LogP contribution is -2.38. The van der Waals surface area contributed by atoms with Gasteiger partial charge in [-0.1, -0.05) is 23.2 Å². The van der Waals surface area contributed by atoms with Crippen LogP contribution in [0.2, 0.25) is 10.2 Å². The van der Waals surface area contributed by atoms with Crippen LogP contribution in [0.5, 0.6) is 0 Å². The molecule has 1 aromatic carbocycles. The fourth-order valence-corrected chi connectivity index (χ4v) is 3.77. The van der Waals surface area contributed by atoms with E-state index in [0.717, 1.165) is 0 Å².